The Morgan fingerprint density at radius 1 is 1.33 bits per heavy atom. The van der Waals surface area contributed by atoms with Crippen molar-refractivity contribution in [1.82, 2.24) is 9.78 Å². The van der Waals surface area contributed by atoms with Crippen LogP contribution in [0.1, 0.15) is 46.4 Å². The summed E-state index contributed by atoms with van der Waals surface area (Å²) >= 11 is 0. The van der Waals surface area contributed by atoms with E-state index in [1.807, 2.05) is 27.7 Å². The second kappa shape index (κ2) is 5.36. The van der Waals surface area contributed by atoms with E-state index in [0.717, 1.165) is 0 Å². The summed E-state index contributed by atoms with van der Waals surface area (Å²) in [5.74, 6) is 5.63. The van der Waals surface area contributed by atoms with E-state index >= 15 is 0 Å². The lowest BCUT2D eigenvalue weighted by molar-refractivity contribution is 0.0726. The Hall–Kier alpha value is -1.60. The summed E-state index contributed by atoms with van der Waals surface area (Å²) in [5.41, 5.74) is -0.712. The minimum absolute atomic E-state index is 0.00939. The van der Waals surface area contributed by atoms with Crippen LogP contribution in [0.4, 0.5) is 0 Å². The molecule has 18 heavy (non-hydrogen) atoms. The summed E-state index contributed by atoms with van der Waals surface area (Å²) in [6, 6.07) is 3.01. The molecule has 1 heterocycles. The van der Waals surface area contributed by atoms with E-state index in [2.05, 4.69) is 16.9 Å². The highest BCUT2D eigenvalue weighted by Crippen LogP contribution is 2.14. The first-order chi connectivity index (χ1) is 8.24. The van der Waals surface area contributed by atoms with Gasteiger partial charge >= 0.3 is 0 Å². The van der Waals surface area contributed by atoms with Crippen molar-refractivity contribution in [2.24, 2.45) is 5.92 Å². The summed E-state index contributed by atoms with van der Waals surface area (Å²) in [5, 5.41) is 14.2. The molecule has 0 aliphatic heterocycles. The molecule has 1 aromatic heterocycles. The second-order valence-corrected chi connectivity index (χ2v) is 5.15. The molecule has 1 atom stereocenters. The first-order valence-corrected chi connectivity index (χ1v) is 6.09. The number of nitrogens with zero attached hydrogens (tertiary/aromatic N) is 2. The number of hydrogen-bond acceptors (Lipinski definition) is 3. The molecule has 0 aliphatic rings. The van der Waals surface area contributed by atoms with Gasteiger partial charge < -0.3 is 5.11 Å². The quantitative estimate of drug-likeness (QED) is 0.808. The molecular formula is C14H20N2O2. The van der Waals surface area contributed by atoms with Gasteiger partial charge in [-0.3, -0.25) is 4.79 Å². The van der Waals surface area contributed by atoms with E-state index < -0.39 is 5.60 Å². The van der Waals surface area contributed by atoms with Gasteiger partial charge in [-0.15, -0.1) is 0 Å². The normalized spacial score (nSPS) is 14.2. The molecule has 0 amide bonds. The van der Waals surface area contributed by atoms with Crippen molar-refractivity contribution in [3.05, 3.63) is 28.2 Å². The van der Waals surface area contributed by atoms with Crippen molar-refractivity contribution in [2.75, 3.05) is 0 Å². The number of aliphatic hydroxyl groups is 1. The second-order valence-electron chi connectivity index (χ2n) is 5.15. The van der Waals surface area contributed by atoms with Crippen LogP contribution >= 0.6 is 0 Å². The van der Waals surface area contributed by atoms with E-state index in [-0.39, 0.29) is 17.5 Å². The number of hydrogen-bond donors (Lipinski definition) is 1. The lowest BCUT2D eigenvalue weighted by Gasteiger charge is -2.20. The maximum Gasteiger partial charge on any atom is 0.267 e. The summed E-state index contributed by atoms with van der Waals surface area (Å²) in [6.07, 6.45) is 0. The number of rotatable bonds is 2. The van der Waals surface area contributed by atoms with Crippen molar-refractivity contribution in [3.8, 4) is 11.8 Å². The molecule has 0 aromatic carbocycles. The van der Waals surface area contributed by atoms with Gasteiger partial charge in [0.05, 0.1) is 6.04 Å². The Morgan fingerprint density at radius 2 is 1.94 bits per heavy atom. The van der Waals surface area contributed by atoms with Gasteiger partial charge in [0, 0.05) is 6.07 Å². The first-order valence-electron chi connectivity index (χ1n) is 6.09. The summed E-state index contributed by atoms with van der Waals surface area (Å²) < 4.78 is 1.38. The lowest BCUT2D eigenvalue weighted by Crippen LogP contribution is -2.29. The van der Waals surface area contributed by atoms with Gasteiger partial charge in [0.25, 0.3) is 5.56 Å². The third kappa shape index (κ3) is 3.44. The van der Waals surface area contributed by atoms with Crippen molar-refractivity contribution < 1.29 is 5.11 Å². The Balaban J connectivity index is 3.11. The molecule has 4 nitrogen and oxygen atoms in total. The van der Waals surface area contributed by atoms with Crippen LogP contribution in [0.2, 0.25) is 0 Å². The Bertz CT molecular complexity index is 531. The molecule has 4 heteroatoms. The molecule has 0 aliphatic carbocycles. The van der Waals surface area contributed by atoms with Crippen molar-refractivity contribution in [1.29, 1.82) is 0 Å². The SMILES string of the molecule is CC(C)n1nc(C#CC(C)(O)C(C)C)ccc1=O. The third-order valence-electron chi connectivity index (χ3n) is 2.88. The standard InChI is InChI=1S/C14H20N2O2/c1-10(2)14(5,18)9-8-12-6-7-13(17)16(15-12)11(3)4/h6-7,10-11,18H,1-5H3. The zero-order chi connectivity index (χ0) is 13.9. The summed E-state index contributed by atoms with van der Waals surface area (Å²) in [7, 11) is 0. The van der Waals surface area contributed by atoms with Crippen LogP contribution in [0.15, 0.2) is 16.9 Å². The van der Waals surface area contributed by atoms with Crippen LogP contribution in [0.3, 0.4) is 0 Å². The van der Waals surface area contributed by atoms with Crippen molar-refractivity contribution in [3.63, 3.8) is 0 Å². The fraction of sp³-hybridized carbons (Fsp3) is 0.571. The van der Waals surface area contributed by atoms with Gasteiger partial charge in [-0.1, -0.05) is 19.8 Å². The van der Waals surface area contributed by atoms with Gasteiger partial charge in [-0.05, 0) is 38.7 Å². The average Bonchev–Trinajstić information content (AvgIpc) is 2.27. The van der Waals surface area contributed by atoms with Crippen LogP contribution < -0.4 is 5.56 Å². The predicted molar refractivity (Wildman–Crippen MR) is 71.2 cm³/mol. The maximum atomic E-state index is 11.5. The Morgan fingerprint density at radius 3 is 2.44 bits per heavy atom. The smallest absolute Gasteiger partial charge is 0.267 e. The van der Waals surface area contributed by atoms with E-state index in [1.54, 1.807) is 13.0 Å². The molecule has 0 spiro atoms. The van der Waals surface area contributed by atoms with Gasteiger partial charge in [0.2, 0.25) is 0 Å². The highest BCUT2D eigenvalue weighted by atomic mass is 16.3. The molecular weight excluding hydrogens is 228 g/mol. The fourth-order valence-electron chi connectivity index (χ4n) is 1.20. The van der Waals surface area contributed by atoms with E-state index in [1.165, 1.54) is 10.7 Å². The zero-order valence-electron chi connectivity index (χ0n) is 11.6. The fourth-order valence-corrected chi connectivity index (χ4v) is 1.20. The molecule has 1 aromatic rings. The molecule has 0 fully saturated rings. The molecule has 98 valence electrons. The van der Waals surface area contributed by atoms with E-state index in [0.29, 0.717) is 5.69 Å². The van der Waals surface area contributed by atoms with Crippen LogP contribution in [0, 0.1) is 17.8 Å². The largest absolute Gasteiger partial charge is 0.378 e. The molecule has 0 bridgehead atoms. The Labute approximate surface area is 108 Å². The highest BCUT2D eigenvalue weighted by Gasteiger charge is 2.21. The molecule has 0 saturated carbocycles. The first kappa shape index (κ1) is 14.5. The van der Waals surface area contributed by atoms with E-state index in [9.17, 15) is 9.90 Å². The molecule has 1 unspecified atom stereocenters. The van der Waals surface area contributed by atoms with Crippen LogP contribution in [-0.2, 0) is 0 Å². The Kier molecular flexibility index (Phi) is 4.31. The predicted octanol–water partition coefficient (Wildman–Crippen LogP) is 1.58. The van der Waals surface area contributed by atoms with Crippen LogP contribution in [0.25, 0.3) is 0 Å². The molecule has 1 N–H and O–H groups in total. The maximum absolute atomic E-state index is 11.5. The minimum Gasteiger partial charge on any atom is -0.378 e. The average molecular weight is 248 g/mol. The third-order valence-corrected chi connectivity index (χ3v) is 2.88. The molecule has 1 rings (SSSR count). The molecule has 0 saturated heterocycles. The van der Waals surface area contributed by atoms with Gasteiger partial charge in [-0.25, -0.2) is 4.68 Å². The van der Waals surface area contributed by atoms with Crippen LogP contribution in [-0.4, -0.2) is 20.5 Å². The monoisotopic (exact) mass is 248 g/mol. The lowest BCUT2D eigenvalue weighted by atomic mass is 9.93. The van der Waals surface area contributed by atoms with Gasteiger partial charge in [-0.2, -0.15) is 5.10 Å². The summed E-state index contributed by atoms with van der Waals surface area (Å²) in [6.45, 7) is 9.24. The van der Waals surface area contributed by atoms with Crippen LogP contribution in [0.5, 0.6) is 0 Å². The zero-order valence-corrected chi connectivity index (χ0v) is 11.6. The summed E-state index contributed by atoms with van der Waals surface area (Å²) in [4.78, 5) is 11.5. The minimum atomic E-state index is -1.06. The number of aromatic nitrogens is 2. The van der Waals surface area contributed by atoms with Crippen molar-refractivity contribution in [2.45, 2.75) is 46.3 Å². The van der Waals surface area contributed by atoms with E-state index in [4.69, 9.17) is 0 Å². The van der Waals surface area contributed by atoms with Crippen molar-refractivity contribution >= 4 is 0 Å². The van der Waals surface area contributed by atoms with Gasteiger partial charge in [0.15, 0.2) is 0 Å². The van der Waals surface area contributed by atoms with Gasteiger partial charge in [0.1, 0.15) is 11.3 Å². The highest BCUT2D eigenvalue weighted by molar-refractivity contribution is 5.29. The topological polar surface area (TPSA) is 55.1 Å². The molecule has 0 radical (unpaired) electrons.